The minimum absolute atomic E-state index is 0.0318. The fourth-order valence-electron chi connectivity index (χ4n) is 7.35. The molecule has 0 radical (unpaired) electrons. The van der Waals surface area contributed by atoms with Crippen LogP contribution in [0.2, 0.25) is 0 Å². The van der Waals surface area contributed by atoms with Crippen molar-refractivity contribution in [2.75, 3.05) is 6.61 Å². The van der Waals surface area contributed by atoms with Gasteiger partial charge in [0.25, 0.3) is 6.47 Å². The zero-order valence-corrected chi connectivity index (χ0v) is 17.9. The third-order valence-corrected chi connectivity index (χ3v) is 8.57. The minimum Gasteiger partial charge on any atom is -0.464 e. The van der Waals surface area contributed by atoms with Gasteiger partial charge in [0.1, 0.15) is 12.2 Å². The summed E-state index contributed by atoms with van der Waals surface area (Å²) in [5.41, 5.74) is -1.04. The molecular weight excluding hydrogens is 376 g/mol. The first-order chi connectivity index (χ1) is 13.7. The molecule has 1 N–H and O–H groups in total. The van der Waals surface area contributed by atoms with E-state index in [0.717, 1.165) is 32.1 Å². The Morgan fingerprint density at radius 3 is 2.59 bits per heavy atom. The minimum atomic E-state index is -0.766. The molecule has 2 aliphatic heterocycles. The van der Waals surface area contributed by atoms with Gasteiger partial charge in [-0.2, -0.15) is 0 Å². The van der Waals surface area contributed by atoms with E-state index in [1.807, 2.05) is 0 Å². The summed E-state index contributed by atoms with van der Waals surface area (Å²) in [6.45, 7) is 8.98. The molecule has 2 heterocycles. The summed E-state index contributed by atoms with van der Waals surface area (Å²) in [7, 11) is 0. The van der Waals surface area contributed by atoms with Crippen LogP contribution in [-0.2, 0) is 28.5 Å². The van der Waals surface area contributed by atoms with E-state index in [1.165, 1.54) is 6.92 Å². The molecule has 0 aromatic heterocycles. The third kappa shape index (κ3) is 3.12. The lowest BCUT2D eigenvalue weighted by molar-refractivity contribution is -0.269. The van der Waals surface area contributed by atoms with Gasteiger partial charge in [0.2, 0.25) is 0 Å². The molecule has 4 aliphatic rings. The lowest BCUT2D eigenvalue weighted by Crippen LogP contribution is -2.67. The normalized spacial score (nSPS) is 51.8. The summed E-state index contributed by atoms with van der Waals surface area (Å²) in [6.07, 6.45) is 3.41. The molecule has 9 atom stereocenters. The first-order valence-electron chi connectivity index (χ1n) is 10.9. The molecule has 7 heteroatoms. The van der Waals surface area contributed by atoms with E-state index in [2.05, 4.69) is 20.8 Å². The molecule has 0 aromatic carbocycles. The quantitative estimate of drug-likeness (QED) is 0.565. The molecule has 2 aliphatic carbocycles. The van der Waals surface area contributed by atoms with Gasteiger partial charge in [0, 0.05) is 30.6 Å². The molecular formula is C22H34O7. The molecule has 4 rings (SSSR count). The highest BCUT2D eigenvalue weighted by Crippen LogP contribution is 2.66. The summed E-state index contributed by atoms with van der Waals surface area (Å²) < 4.78 is 23.7. The second-order valence-corrected chi connectivity index (χ2v) is 10.0. The monoisotopic (exact) mass is 410 g/mol. The molecule has 2 spiro atoms. The maximum absolute atomic E-state index is 11.6. The number of esters is 1. The smallest absolute Gasteiger partial charge is 0.302 e. The van der Waals surface area contributed by atoms with Crippen LogP contribution in [0, 0.1) is 23.2 Å². The Balaban J connectivity index is 1.70. The van der Waals surface area contributed by atoms with Gasteiger partial charge in [-0.05, 0) is 38.0 Å². The number of carbonyl (C=O) groups is 2. The molecule has 7 nitrogen and oxygen atoms in total. The standard InChI is InChI=1S/C22H34O7/c1-13-9-17(27-12-23)19-14(2)16(28-15(3)24)5-6-20(19,4)22(13)8-7-21(29-22)10-18(25)26-11-21/h12-14,16-19,25H,5-11H2,1-4H3/t13-,14+,16+,17+,18-,19+,20-,21-,22-/m1/s1. The molecule has 164 valence electrons. The van der Waals surface area contributed by atoms with Crippen molar-refractivity contribution in [1.29, 1.82) is 0 Å². The van der Waals surface area contributed by atoms with Crippen molar-refractivity contribution in [3.63, 3.8) is 0 Å². The number of aliphatic hydroxyl groups is 1. The Labute approximate surface area is 172 Å². The van der Waals surface area contributed by atoms with Crippen LogP contribution in [0.15, 0.2) is 0 Å². The van der Waals surface area contributed by atoms with Crippen LogP contribution in [0.5, 0.6) is 0 Å². The van der Waals surface area contributed by atoms with E-state index < -0.39 is 11.9 Å². The predicted octanol–water partition coefficient (Wildman–Crippen LogP) is 2.58. The molecule has 4 fully saturated rings. The van der Waals surface area contributed by atoms with Gasteiger partial charge < -0.3 is 24.1 Å². The van der Waals surface area contributed by atoms with Crippen molar-refractivity contribution in [3.05, 3.63) is 0 Å². The Morgan fingerprint density at radius 2 is 1.97 bits per heavy atom. The highest BCUT2D eigenvalue weighted by molar-refractivity contribution is 5.66. The summed E-state index contributed by atoms with van der Waals surface area (Å²) in [6, 6.07) is 0. The van der Waals surface area contributed by atoms with Crippen molar-refractivity contribution in [1.82, 2.24) is 0 Å². The van der Waals surface area contributed by atoms with Crippen molar-refractivity contribution in [2.24, 2.45) is 23.2 Å². The fourth-order valence-corrected chi connectivity index (χ4v) is 7.35. The van der Waals surface area contributed by atoms with Crippen molar-refractivity contribution in [2.45, 2.75) is 95.9 Å². The van der Waals surface area contributed by atoms with Crippen LogP contribution in [-0.4, -0.2) is 53.9 Å². The Hall–Kier alpha value is -1.18. The van der Waals surface area contributed by atoms with Gasteiger partial charge in [0.05, 0.1) is 17.8 Å². The molecule has 0 bridgehead atoms. The molecule has 0 amide bonds. The molecule has 0 unspecified atom stereocenters. The number of ether oxygens (including phenoxy) is 4. The average molecular weight is 411 g/mol. The molecule has 2 saturated carbocycles. The summed E-state index contributed by atoms with van der Waals surface area (Å²) in [4.78, 5) is 22.9. The maximum atomic E-state index is 11.6. The lowest BCUT2D eigenvalue weighted by Gasteiger charge is -2.63. The van der Waals surface area contributed by atoms with Gasteiger partial charge >= 0.3 is 5.97 Å². The first kappa shape index (κ1) is 21.1. The zero-order chi connectivity index (χ0) is 21.0. The zero-order valence-electron chi connectivity index (χ0n) is 17.9. The second-order valence-electron chi connectivity index (χ2n) is 10.0. The van der Waals surface area contributed by atoms with Crippen LogP contribution in [0.3, 0.4) is 0 Å². The average Bonchev–Trinajstić information content (AvgIpc) is 3.20. The van der Waals surface area contributed by atoms with E-state index in [1.54, 1.807) is 0 Å². The number of hydrogen-bond acceptors (Lipinski definition) is 7. The predicted molar refractivity (Wildman–Crippen MR) is 103 cm³/mol. The summed E-state index contributed by atoms with van der Waals surface area (Å²) >= 11 is 0. The van der Waals surface area contributed by atoms with Crippen molar-refractivity contribution >= 4 is 12.4 Å². The summed E-state index contributed by atoms with van der Waals surface area (Å²) in [5, 5.41) is 9.97. The third-order valence-electron chi connectivity index (χ3n) is 8.57. The van der Waals surface area contributed by atoms with Crippen molar-refractivity contribution < 1.29 is 33.6 Å². The van der Waals surface area contributed by atoms with Crippen LogP contribution < -0.4 is 0 Å². The van der Waals surface area contributed by atoms with Gasteiger partial charge in [-0.1, -0.05) is 20.8 Å². The number of rotatable bonds is 3. The van der Waals surface area contributed by atoms with Crippen molar-refractivity contribution in [3.8, 4) is 0 Å². The van der Waals surface area contributed by atoms with Crippen LogP contribution >= 0.6 is 0 Å². The fraction of sp³-hybridized carbons (Fsp3) is 0.909. The lowest BCUT2D eigenvalue weighted by atomic mass is 9.46. The van der Waals surface area contributed by atoms with E-state index in [0.29, 0.717) is 19.5 Å². The number of carbonyl (C=O) groups excluding carboxylic acids is 2. The van der Waals surface area contributed by atoms with Crippen LogP contribution in [0.4, 0.5) is 0 Å². The molecule has 29 heavy (non-hydrogen) atoms. The van der Waals surface area contributed by atoms with Gasteiger partial charge in [-0.25, -0.2) is 0 Å². The Kier molecular flexibility index (Phi) is 5.23. The summed E-state index contributed by atoms with van der Waals surface area (Å²) in [5.74, 6) is 0.00981. The number of hydrogen-bond donors (Lipinski definition) is 1. The topological polar surface area (TPSA) is 91.3 Å². The Bertz CT molecular complexity index is 668. The van der Waals surface area contributed by atoms with E-state index in [9.17, 15) is 14.7 Å². The molecule has 2 saturated heterocycles. The SMILES string of the molecule is CC(=O)O[C@H]1CC[C@]2(C)[C@@H]([C@H]1C)[C@@H](OC=O)C[C@@H](C)[C@]21CC[C@@]2(CO[C@@H](O)C2)O1. The van der Waals surface area contributed by atoms with Crippen LogP contribution in [0.1, 0.15) is 66.2 Å². The van der Waals surface area contributed by atoms with Gasteiger partial charge in [0.15, 0.2) is 6.29 Å². The Morgan fingerprint density at radius 1 is 1.21 bits per heavy atom. The van der Waals surface area contributed by atoms with Gasteiger partial charge in [-0.15, -0.1) is 0 Å². The number of aliphatic hydroxyl groups excluding tert-OH is 1. The largest absolute Gasteiger partial charge is 0.464 e. The first-order valence-corrected chi connectivity index (χ1v) is 10.9. The van der Waals surface area contributed by atoms with Gasteiger partial charge in [-0.3, -0.25) is 9.59 Å². The van der Waals surface area contributed by atoms with E-state index >= 15 is 0 Å². The van der Waals surface area contributed by atoms with E-state index in [4.69, 9.17) is 18.9 Å². The van der Waals surface area contributed by atoms with E-state index in [-0.39, 0.29) is 46.9 Å². The molecule has 0 aromatic rings. The second kappa shape index (κ2) is 7.20. The highest BCUT2D eigenvalue weighted by atomic mass is 16.6. The van der Waals surface area contributed by atoms with Crippen LogP contribution in [0.25, 0.3) is 0 Å². The highest BCUT2D eigenvalue weighted by Gasteiger charge is 2.69. The number of fused-ring (bicyclic) bond motifs is 2. The maximum Gasteiger partial charge on any atom is 0.302 e.